The molecule has 0 aromatic carbocycles. The largest absolute Gasteiger partial charge is 0.350 e. The van der Waals surface area contributed by atoms with Crippen LogP contribution in [0, 0.1) is 17.2 Å². The summed E-state index contributed by atoms with van der Waals surface area (Å²) in [5.74, 6) is 0.850. The summed E-state index contributed by atoms with van der Waals surface area (Å²) in [5.41, 5.74) is 5.96. The first kappa shape index (κ1) is 11.4. The van der Waals surface area contributed by atoms with Crippen molar-refractivity contribution in [2.24, 2.45) is 11.7 Å². The van der Waals surface area contributed by atoms with E-state index in [9.17, 15) is 0 Å². The predicted octanol–water partition coefficient (Wildman–Crippen LogP) is 0.743. The summed E-state index contributed by atoms with van der Waals surface area (Å²) in [6.45, 7) is 4.65. The maximum Gasteiger partial charge on any atom is 0.224 e. The molecule has 0 radical (unpaired) electrons. The Kier molecular flexibility index (Phi) is 4.01. The third-order valence-electron chi connectivity index (χ3n) is 2.14. The van der Waals surface area contributed by atoms with Crippen LogP contribution in [0.25, 0.3) is 0 Å². The Morgan fingerprint density at radius 1 is 1.60 bits per heavy atom. The molecule has 0 spiro atoms. The molecule has 0 saturated carbocycles. The molecule has 5 heteroatoms. The molecule has 1 aromatic heterocycles. The lowest BCUT2D eigenvalue weighted by Crippen LogP contribution is -2.34. The number of rotatable bonds is 4. The molecule has 0 aliphatic carbocycles. The molecule has 0 fully saturated rings. The van der Waals surface area contributed by atoms with Crippen LogP contribution in [0.2, 0.25) is 0 Å². The minimum atomic E-state index is 0.124. The van der Waals surface area contributed by atoms with E-state index in [0.29, 0.717) is 24.1 Å². The van der Waals surface area contributed by atoms with Gasteiger partial charge in [-0.2, -0.15) is 5.26 Å². The first-order valence-electron chi connectivity index (χ1n) is 4.87. The summed E-state index contributed by atoms with van der Waals surface area (Å²) in [4.78, 5) is 8.05. The van der Waals surface area contributed by atoms with Crippen molar-refractivity contribution >= 4 is 5.95 Å². The van der Waals surface area contributed by atoms with Gasteiger partial charge < -0.3 is 11.1 Å². The van der Waals surface area contributed by atoms with Crippen molar-refractivity contribution in [1.82, 2.24) is 9.97 Å². The highest BCUT2D eigenvalue weighted by atomic mass is 15.1. The van der Waals surface area contributed by atoms with Crippen LogP contribution in [0.1, 0.15) is 19.5 Å². The molecular formula is C10H15N5. The van der Waals surface area contributed by atoms with Crippen molar-refractivity contribution in [2.75, 3.05) is 11.9 Å². The topological polar surface area (TPSA) is 87.6 Å². The minimum absolute atomic E-state index is 0.124. The van der Waals surface area contributed by atoms with E-state index < -0.39 is 0 Å². The lowest BCUT2D eigenvalue weighted by Gasteiger charge is -2.20. The van der Waals surface area contributed by atoms with E-state index in [0.717, 1.165) is 0 Å². The van der Waals surface area contributed by atoms with Crippen molar-refractivity contribution in [2.45, 2.75) is 19.9 Å². The van der Waals surface area contributed by atoms with Gasteiger partial charge in [-0.3, -0.25) is 0 Å². The van der Waals surface area contributed by atoms with E-state index in [4.69, 9.17) is 11.0 Å². The smallest absolute Gasteiger partial charge is 0.224 e. The van der Waals surface area contributed by atoms with Gasteiger partial charge in [-0.1, -0.05) is 13.8 Å². The molecule has 3 N–H and O–H groups in total. The minimum Gasteiger partial charge on any atom is -0.350 e. The zero-order valence-electron chi connectivity index (χ0n) is 8.94. The van der Waals surface area contributed by atoms with Crippen LogP contribution in [0.15, 0.2) is 12.3 Å². The van der Waals surface area contributed by atoms with E-state index in [1.54, 1.807) is 12.3 Å². The van der Waals surface area contributed by atoms with Gasteiger partial charge in [-0.25, -0.2) is 9.97 Å². The summed E-state index contributed by atoms with van der Waals surface area (Å²) in [6, 6.07) is 3.66. The van der Waals surface area contributed by atoms with Gasteiger partial charge in [0.25, 0.3) is 0 Å². The van der Waals surface area contributed by atoms with Crippen LogP contribution in [-0.4, -0.2) is 22.6 Å². The highest BCUT2D eigenvalue weighted by molar-refractivity contribution is 5.31. The number of hydrogen-bond acceptors (Lipinski definition) is 5. The standard InChI is InChI=1S/C10H15N5/c1-7(2)9(6-12)15-10-13-4-3-8(5-11)14-10/h3-4,7,9H,6,12H2,1-2H3,(H,13,14,15). The first-order chi connectivity index (χ1) is 7.17. The van der Waals surface area contributed by atoms with Crippen LogP contribution in [0.3, 0.4) is 0 Å². The van der Waals surface area contributed by atoms with Crippen molar-refractivity contribution in [1.29, 1.82) is 5.26 Å². The van der Waals surface area contributed by atoms with Crippen molar-refractivity contribution in [3.63, 3.8) is 0 Å². The highest BCUT2D eigenvalue weighted by Crippen LogP contribution is 2.07. The molecule has 1 atom stereocenters. The first-order valence-corrected chi connectivity index (χ1v) is 4.87. The average Bonchev–Trinajstić information content (AvgIpc) is 2.25. The number of nitrogens with two attached hydrogens (primary N) is 1. The van der Waals surface area contributed by atoms with Gasteiger partial charge in [-0.05, 0) is 12.0 Å². The van der Waals surface area contributed by atoms with Gasteiger partial charge in [0.15, 0.2) is 0 Å². The predicted molar refractivity (Wildman–Crippen MR) is 58.1 cm³/mol. The zero-order valence-corrected chi connectivity index (χ0v) is 8.94. The molecule has 1 rings (SSSR count). The molecule has 0 bridgehead atoms. The van der Waals surface area contributed by atoms with Gasteiger partial charge in [0.1, 0.15) is 11.8 Å². The second kappa shape index (κ2) is 5.27. The molecule has 1 unspecified atom stereocenters. The lowest BCUT2D eigenvalue weighted by molar-refractivity contribution is 0.528. The van der Waals surface area contributed by atoms with Crippen LogP contribution in [-0.2, 0) is 0 Å². The number of hydrogen-bond donors (Lipinski definition) is 2. The number of nitrogens with zero attached hydrogens (tertiary/aromatic N) is 3. The Morgan fingerprint density at radius 2 is 2.33 bits per heavy atom. The van der Waals surface area contributed by atoms with Crippen molar-refractivity contribution in [3.8, 4) is 6.07 Å². The van der Waals surface area contributed by atoms with E-state index in [2.05, 4.69) is 29.1 Å². The van der Waals surface area contributed by atoms with Gasteiger partial charge in [0.2, 0.25) is 5.95 Å². The number of aromatic nitrogens is 2. The zero-order chi connectivity index (χ0) is 11.3. The molecule has 0 aliphatic rings. The SMILES string of the molecule is CC(C)C(CN)Nc1nccc(C#N)n1. The number of nitrogens with one attached hydrogen (secondary N) is 1. The van der Waals surface area contributed by atoms with Gasteiger partial charge in [-0.15, -0.1) is 0 Å². The fourth-order valence-electron chi connectivity index (χ4n) is 1.15. The summed E-state index contributed by atoms with van der Waals surface area (Å²) in [7, 11) is 0. The molecule has 15 heavy (non-hydrogen) atoms. The monoisotopic (exact) mass is 205 g/mol. The number of anilines is 1. The molecule has 0 amide bonds. The van der Waals surface area contributed by atoms with E-state index in [1.165, 1.54) is 0 Å². The Balaban J connectivity index is 2.75. The Hall–Kier alpha value is -1.67. The second-order valence-corrected chi connectivity index (χ2v) is 3.61. The Morgan fingerprint density at radius 3 is 2.87 bits per heavy atom. The molecule has 0 aliphatic heterocycles. The van der Waals surface area contributed by atoms with Crippen molar-refractivity contribution < 1.29 is 0 Å². The van der Waals surface area contributed by atoms with Crippen LogP contribution >= 0.6 is 0 Å². The molecule has 80 valence electrons. The van der Waals surface area contributed by atoms with Gasteiger partial charge in [0, 0.05) is 18.8 Å². The average molecular weight is 205 g/mol. The third-order valence-corrected chi connectivity index (χ3v) is 2.14. The quantitative estimate of drug-likeness (QED) is 0.757. The van der Waals surface area contributed by atoms with E-state index in [-0.39, 0.29) is 6.04 Å². The lowest BCUT2D eigenvalue weighted by atomic mass is 10.1. The fraction of sp³-hybridized carbons (Fsp3) is 0.500. The summed E-state index contributed by atoms with van der Waals surface area (Å²) in [5, 5.41) is 11.8. The second-order valence-electron chi connectivity index (χ2n) is 3.61. The molecule has 1 aromatic rings. The van der Waals surface area contributed by atoms with Gasteiger partial charge in [0.05, 0.1) is 0 Å². The maximum atomic E-state index is 8.67. The highest BCUT2D eigenvalue weighted by Gasteiger charge is 2.12. The molecular weight excluding hydrogens is 190 g/mol. The molecule has 1 heterocycles. The summed E-state index contributed by atoms with van der Waals surface area (Å²) < 4.78 is 0. The third kappa shape index (κ3) is 3.18. The van der Waals surface area contributed by atoms with Crippen LogP contribution in [0.5, 0.6) is 0 Å². The molecule has 0 saturated heterocycles. The van der Waals surface area contributed by atoms with E-state index in [1.807, 2.05) is 6.07 Å². The van der Waals surface area contributed by atoms with E-state index >= 15 is 0 Å². The maximum absolute atomic E-state index is 8.67. The Labute approximate surface area is 89.3 Å². The van der Waals surface area contributed by atoms with Gasteiger partial charge >= 0.3 is 0 Å². The summed E-state index contributed by atoms with van der Waals surface area (Å²) >= 11 is 0. The summed E-state index contributed by atoms with van der Waals surface area (Å²) in [6.07, 6.45) is 1.56. The normalized spacial score (nSPS) is 12.2. The molecule has 5 nitrogen and oxygen atoms in total. The number of nitriles is 1. The Bertz CT molecular complexity index is 355. The van der Waals surface area contributed by atoms with Crippen LogP contribution in [0.4, 0.5) is 5.95 Å². The van der Waals surface area contributed by atoms with Crippen LogP contribution < -0.4 is 11.1 Å². The van der Waals surface area contributed by atoms with Crippen molar-refractivity contribution in [3.05, 3.63) is 18.0 Å². The fourth-order valence-corrected chi connectivity index (χ4v) is 1.15.